The topological polar surface area (TPSA) is 71.1 Å². The molecule has 2 amide bonds. The van der Waals surface area contributed by atoms with Crippen molar-refractivity contribution in [1.29, 1.82) is 0 Å². The van der Waals surface area contributed by atoms with Gasteiger partial charge in [-0.3, -0.25) is 9.59 Å². The molecular weight excluding hydrogens is 309 g/mol. The van der Waals surface area contributed by atoms with E-state index in [9.17, 15) is 14.0 Å². The van der Waals surface area contributed by atoms with Crippen LogP contribution in [0.4, 0.5) is 4.39 Å². The summed E-state index contributed by atoms with van der Waals surface area (Å²) in [6.45, 7) is 0. The van der Waals surface area contributed by atoms with Crippen molar-refractivity contribution >= 4 is 22.7 Å². The third-order valence-corrected chi connectivity index (χ3v) is 4.63. The molecule has 6 heteroatoms. The van der Waals surface area contributed by atoms with Gasteiger partial charge < -0.3 is 10.6 Å². The zero-order chi connectivity index (χ0) is 17.2. The van der Waals surface area contributed by atoms with Gasteiger partial charge >= 0.3 is 0 Å². The van der Waals surface area contributed by atoms with Crippen molar-refractivity contribution in [3.8, 4) is 0 Å². The van der Waals surface area contributed by atoms with E-state index in [1.165, 1.54) is 6.07 Å². The summed E-state index contributed by atoms with van der Waals surface area (Å²) in [6.07, 6.45) is 4.01. The zero-order valence-electron chi connectivity index (χ0n) is 13.6. The minimum absolute atomic E-state index is 0.112. The second-order valence-electron chi connectivity index (χ2n) is 6.18. The fourth-order valence-corrected chi connectivity index (χ4v) is 3.32. The number of halogens is 1. The van der Waals surface area contributed by atoms with Gasteiger partial charge in [0.2, 0.25) is 5.91 Å². The van der Waals surface area contributed by atoms with E-state index in [0.717, 1.165) is 19.3 Å². The highest BCUT2D eigenvalue weighted by molar-refractivity contribution is 5.99. The summed E-state index contributed by atoms with van der Waals surface area (Å²) in [4.78, 5) is 29.1. The van der Waals surface area contributed by atoms with E-state index in [1.54, 1.807) is 31.3 Å². The van der Waals surface area contributed by atoms with Crippen LogP contribution in [0.3, 0.4) is 0 Å². The SMILES string of the molecule is CNC(=O)C1(NC(=O)c2ccc3cccc(F)c3n2)CCCCC1. The van der Waals surface area contributed by atoms with Gasteiger partial charge in [0.1, 0.15) is 22.6 Å². The van der Waals surface area contributed by atoms with Crippen LogP contribution in [0.5, 0.6) is 0 Å². The van der Waals surface area contributed by atoms with Crippen LogP contribution < -0.4 is 10.6 Å². The van der Waals surface area contributed by atoms with Gasteiger partial charge in [-0.25, -0.2) is 9.37 Å². The number of benzene rings is 1. The Morgan fingerprint density at radius 2 is 1.88 bits per heavy atom. The summed E-state index contributed by atoms with van der Waals surface area (Å²) in [5.41, 5.74) is -0.639. The number of para-hydroxylation sites is 1. The Hall–Kier alpha value is -2.50. The van der Waals surface area contributed by atoms with Crippen molar-refractivity contribution in [2.45, 2.75) is 37.6 Å². The summed E-state index contributed by atoms with van der Waals surface area (Å²) in [6, 6.07) is 7.86. The maximum Gasteiger partial charge on any atom is 0.270 e. The number of fused-ring (bicyclic) bond motifs is 1. The summed E-state index contributed by atoms with van der Waals surface area (Å²) in [5.74, 6) is -1.12. The van der Waals surface area contributed by atoms with Gasteiger partial charge in [-0.1, -0.05) is 37.5 Å². The molecule has 0 atom stereocenters. The molecule has 0 spiro atoms. The third kappa shape index (κ3) is 2.96. The van der Waals surface area contributed by atoms with E-state index in [1.807, 2.05) is 0 Å². The van der Waals surface area contributed by atoms with Crippen LogP contribution in [0, 0.1) is 5.82 Å². The lowest BCUT2D eigenvalue weighted by molar-refractivity contribution is -0.128. The van der Waals surface area contributed by atoms with Crippen LogP contribution in [0.25, 0.3) is 10.9 Å². The van der Waals surface area contributed by atoms with Gasteiger partial charge in [0, 0.05) is 12.4 Å². The molecule has 1 aromatic heterocycles. The Labute approximate surface area is 139 Å². The molecule has 2 aromatic rings. The average molecular weight is 329 g/mol. The Balaban J connectivity index is 1.90. The molecule has 3 rings (SSSR count). The van der Waals surface area contributed by atoms with Crippen LogP contribution in [0.2, 0.25) is 0 Å². The van der Waals surface area contributed by atoms with Crippen molar-refractivity contribution in [3.05, 3.63) is 41.8 Å². The molecule has 0 bridgehead atoms. The smallest absolute Gasteiger partial charge is 0.270 e. The predicted octanol–water partition coefficient (Wildman–Crippen LogP) is 2.55. The number of likely N-dealkylation sites (N-methyl/N-ethyl adjacent to an activating group) is 1. The van der Waals surface area contributed by atoms with E-state index in [-0.39, 0.29) is 17.1 Å². The van der Waals surface area contributed by atoms with E-state index >= 15 is 0 Å². The highest BCUT2D eigenvalue weighted by Crippen LogP contribution is 2.29. The fraction of sp³-hybridized carbons (Fsp3) is 0.389. The number of nitrogens with one attached hydrogen (secondary N) is 2. The first kappa shape index (κ1) is 16.4. The highest BCUT2D eigenvalue weighted by atomic mass is 19.1. The number of rotatable bonds is 3. The van der Waals surface area contributed by atoms with E-state index < -0.39 is 17.3 Å². The molecule has 24 heavy (non-hydrogen) atoms. The van der Waals surface area contributed by atoms with Crippen molar-refractivity contribution in [1.82, 2.24) is 15.6 Å². The lowest BCUT2D eigenvalue weighted by Gasteiger charge is -2.36. The minimum atomic E-state index is -0.907. The van der Waals surface area contributed by atoms with E-state index in [4.69, 9.17) is 0 Å². The monoisotopic (exact) mass is 329 g/mol. The molecule has 1 aliphatic rings. The van der Waals surface area contributed by atoms with Gasteiger partial charge in [-0.05, 0) is 25.0 Å². The van der Waals surface area contributed by atoms with Crippen molar-refractivity contribution in [2.24, 2.45) is 0 Å². The number of hydrogen-bond acceptors (Lipinski definition) is 3. The summed E-state index contributed by atoms with van der Waals surface area (Å²) < 4.78 is 13.9. The summed E-state index contributed by atoms with van der Waals surface area (Å²) in [5, 5.41) is 6.11. The maximum atomic E-state index is 13.9. The van der Waals surface area contributed by atoms with Gasteiger partial charge in [-0.2, -0.15) is 0 Å². The lowest BCUT2D eigenvalue weighted by Crippen LogP contribution is -2.59. The number of aromatic nitrogens is 1. The van der Waals surface area contributed by atoms with Crippen LogP contribution in [0.15, 0.2) is 30.3 Å². The molecule has 1 aliphatic carbocycles. The number of nitrogens with zero attached hydrogens (tertiary/aromatic N) is 1. The number of carbonyl (C=O) groups is 2. The van der Waals surface area contributed by atoms with Crippen LogP contribution in [-0.2, 0) is 4.79 Å². The van der Waals surface area contributed by atoms with E-state index in [0.29, 0.717) is 18.2 Å². The summed E-state index contributed by atoms with van der Waals surface area (Å²) >= 11 is 0. The predicted molar refractivity (Wildman–Crippen MR) is 89.0 cm³/mol. The summed E-state index contributed by atoms with van der Waals surface area (Å²) in [7, 11) is 1.56. The highest BCUT2D eigenvalue weighted by Gasteiger charge is 2.40. The van der Waals surface area contributed by atoms with Crippen LogP contribution >= 0.6 is 0 Å². The Morgan fingerprint density at radius 1 is 1.12 bits per heavy atom. The quantitative estimate of drug-likeness (QED) is 0.909. The molecule has 1 aromatic carbocycles. The number of pyridine rings is 1. The van der Waals surface area contributed by atoms with Crippen molar-refractivity contribution < 1.29 is 14.0 Å². The molecule has 0 unspecified atom stereocenters. The molecule has 1 saturated carbocycles. The number of amides is 2. The molecule has 5 nitrogen and oxygen atoms in total. The molecule has 1 heterocycles. The molecule has 1 fully saturated rings. The first-order valence-electron chi connectivity index (χ1n) is 8.16. The molecule has 0 saturated heterocycles. The van der Waals surface area contributed by atoms with Crippen LogP contribution in [-0.4, -0.2) is 29.4 Å². The molecule has 0 aliphatic heterocycles. The second-order valence-corrected chi connectivity index (χ2v) is 6.18. The zero-order valence-corrected chi connectivity index (χ0v) is 13.6. The standard InChI is InChI=1S/C18H20FN3O2/c1-20-17(24)18(10-3-2-4-11-18)22-16(23)14-9-8-12-6-5-7-13(19)15(12)21-14/h5-9H,2-4,10-11H2,1H3,(H,20,24)(H,22,23). The van der Waals surface area contributed by atoms with Crippen molar-refractivity contribution in [3.63, 3.8) is 0 Å². The Morgan fingerprint density at radius 3 is 2.58 bits per heavy atom. The van der Waals surface area contributed by atoms with Gasteiger partial charge in [0.05, 0.1) is 0 Å². The maximum absolute atomic E-state index is 13.9. The fourth-order valence-electron chi connectivity index (χ4n) is 3.32. The molecule has 126 valence electrons. The molecule has 2 N–H and O–H groups in total. The first-order chi connectivity index (χ1) is 11.6. The Bertz CT molecular complexity index is 785. The minimum Gasteiger partial charge on any atom is -0.357 e. The number of hydrogen-bond donors (Lipinski definition) is 2. The Kier molecular flexibility index (Phi) is 4.46. The molecular formula is C18H20FN3O2. The molecule has 0 radical (unpaired) electrons. The second kappa shape index (κ2) is 6.55. The number of carbonyl (C=O) groups excluding carboxylic acids is 2. The average Bonchev–Trinajstić information content (AvgIpc) is 2.61. The van der Waals surface area contributed by atoms with Gasteiger partial charge in [0.15, 0.2) is 0 Å². The van der Waals surface area contributed by atoms with Crippen molar-refractivity contribution in [2.75, 3.05) is 7.05 Å². The normalized spacial score (nSPS) is 16.6. The van der Waals surface area contributed by atoms with Crippen LogP contribution in [0.1, 0.15) is 42.6 Å². The lowest BCUT2D eigenvalue weighted by atomic mass is 9.80. The first-order valence-corrected chi connectivity index (χ1v) is 8.16. The van der Waals surface area contributed by atoms with Gasteiger partial charge in [0.25, 0.3) is 5.91 Å². The largest absolute Gasteiger partial charge is 0.357 e. The van der Waals surface area contributed by atoms with E-state index in [2.05, 4.69) is 15.6 Å². The third-order valence-electron chi connectivity index (χ3n) is 4.63. The van der Waals surface area contributed by atoms with Gasteiger partial charge in [-0.15, -0.1) is 0 Å².